The maximum atomic E-state index is 13.9. The summed E-state index contributed by atoms with van der Waals surface area (Å²) in [5.41, 5.74) is -1.95. The van der Waals surface area contributed by atoms with Crippen LogP contribution in [-0.2, 0) is 87.7 Å². The Kier molecular flexibility index (Phi) is 24.9. The first-order valence-electron chi connectivity index (χ1n) is 30.3. The van der Waals surface area contributed by atoms with Crippen LogP contribution < -0.4 is 33.7 Å². The molecule has 6 aromatic heterocycles. The second-order valence-electron chi connectivity index (χ2n) is 23.4. The third-order valence-electron chi connectivity index (χ3n) is 15.9. The van der Waals surface area contributed by atoms with Crippen LogP contribution in [0.1, 0.15) is 46.9 Å². The first-order chi connectivity index (χ1) is 50.3. The summed E-state index contributed by atoms with van der Waals surface area (Å²) in [7, 11) is -31.9. The summed E-state index contributed by atoms with van der Waals surface area (Å²) in [6, 6.07) is 17.5. The van der Waals surface area contributed by atoms with Crippen LogP contribution in [0.2, 0.25) is 0 Å². The fraction of sp³-hybridized carbons (Fsp3) is 0.377. The first-order valence-corrected chi connectivity index (χ1v) is 39.3. The second kappa shape index (κ2) is 32.4. The highest BCUT2D eigenvalue weighted by molar-refractivity contribution is 7.61. The number of fused-ring (bicyclic) bond motifs is 3. The zero-order valence-electron chi connectivity index (χ0n) is 54.4. The van der Waals surface area contributed by atoms with Crippen molar-refractivity contribution in [2.24, 2.45) is 0 Å². The van der Waals surface area contributed by atoms with Gasteiger partial charge in [-0.05, 0) is 49.7 Å². The van der Waals surface area contributed by atoms with E-state index >= 15 is 0 Å². The van der Waals surface area contributed by atoms with E-state index in [1.54, 1.807) is 43.3 Å². The summed E-state index contributed by atoms with van der Waals surface area (Å²) in [4.78, 5) is 157. The lowest BCUT2D eigenvalue weighted by atomic mass is 10.1. The molecule has 15 atom stereocenters. The lowest BCUT2D eigenvalue weighted by Crippen LogP contribution is -2.43. The summed E-state index contributed by atoms with van der Waals surface area (Å²) in [6.07, 6.45) is -16.9. The predicted molar refractivity (Wildman–Crippen MR) is 348 cm³/mol. The molecule has 3 aliphatic rings. The van der Waals surface area contributed by atoms with Gasteiger partial charge in [0.25, 0.3) is 16.7 Å². The Morgan fingerprint density at radius 1 is 0.435 bits per heavy atom. The molecule has 9 aromatic rings. The molecule has 3 aromatic carbocycles. The van der Waals surface area contributed by atoms with E-state index in [4.69, 9.17) is 57.1 Å². The van der Waals surface area contributed by atoms with Crippen LogP contribution in [0.3, 0.4) is 0 Å². The molecule has 0 radical (unpaired) electrons. The molecule has 3 saturated heterocycles. The topological polar surface area (TPSA) is 699 Å². The molecule has 0 spiro atoms. The monoisotopic (exact) mass is 1650 g/mol. The summed E-state index contributed by atoms with van der Waals surface area (Å²) in [6.45, 7) is -0.217. The zero-order valence-corrected chi connectivity index (χ0v) is 59.8. The Balaban J connectivity index is 0.000000173. The number of aryl methyl sites for hydroxylation is 2. The number of ether oxygens (including phenoxy) is 3. The van der Waals surface area contributed by atoms with E-state index in [-0.39, 0.29) is 29.8 Å². The number of halogens is 1. The molecule has 48 nitrogen and oxygen atoms in total. The van der Waals surface area contributed by atoms with Crippen LogP contribution in [0.25, 0.3) is 32.9 Å². The molecule has 9 heterocycles. The number of aliphatic hydroxyl groups excluding tert-OH is 6. The normalized spacial score (nSPS) is 24.3. The van der Waals surface area contributed by atoms with Gasteiger partial charge in [0.15, 0.2) is 35.7 Å². The van der Waals surface area contributed by atoms with Crippen molar-refractivity contribution in [3.8, 4) is 0 Å². The van der Waals surface area contributed by atoms with Crippen molar-refractivity contribution >= 4 is 79.8 Å². The third-order valence-corrected chi connectivity index (χ3v) is 22.3. The molecule has 6 unspecified atom stereocenters. The van der Waals surface area contributed by atoms with Crippen LogP contribution in [0.5, 0.6) is 0 Å². The predicted octanol–water partition coefficient (Wildman–Crippen LogP) is -2.11. The Morgan fingerprint density at radius 2 is 0.796 bits per heavy atom. The fourth-order valence-corrected chi connectivity index (χ4v) is 15.8. The maximum absolute atomic E-state index is 13.9. The van der Waals surface area contributed by atoms with Crippen molar-refractivity contribution in [1.29, 1.82) is 0 Å². The number of aromatic nitrogens is 9. The minimum Gasteiger partial charge on any atom is -0.387 e. The molecule has 3 aliphatic heterocycles. The van der Waals surface area contributed by atoms with Gasteiger partial charge in [-0.25, -0.2) is 46.2 Å². The average Bonchev–Trinajstić information content (AvgIpc) is 1.84. The molecule has 588 valence electrons. The van der Waals surface area contributed by atoms with Gasteiger partial charge in [0.05, 0.1) is 39.5 Å². The quantitative estimate of drug-likeness (QED) is 0.0288. The van der Waals surface area contributed by atoms with E-state index in [1.807, 2.05) is 6.92 Å². The number of para-hydroxylation sites is 1. The minimum absolute atomic E-state index is 0.0596. The Bertz CT molecular complexity index is 5390. The molecule has 0 saturated carbocycles. The number of hydrogen-bond acceptors (Lipinski definition) is 33. The van der Waals surface area contributed by atoms with E-state index in [0.717, 1.165) is 76.8 Å². The van der Waals surface area contributed by atoms with E-state index in [2.05, 4.69) is 42.0 Å². The van der Waals surface area contributed by atoms with E-state index in [1.165, 1.54) is 12.1 Å². The standard InChI is InChI=1S/2C18H21N3O13P2.C17H18FN3O13P2/c1-9-2-3-12-10(6-9)11(19-33-12)7-21-14(22)4-5-20(18(21)25)17-16(24)15(23)13(32-17)8-31-36(29,30)34-35(26,27)28;1-9-3-2-4-11-14(9)10(19-33-11)7-21-13(22)5-6-20(18(21)25)17-16(24)15(23)12(32-17)8-31-36(29,30)34-35(26,27)28;18-9-3-1-2-8-10(19-33-15(8)9)6-21-12(22)4-5-20(17(21)25)16-14(24)13(23)11(32-16)7-31-36(29,30)34-35(26,27)28/h2-6,13,15-17,23-24H,7-8H2,1H3,(H,29,30)(H2,26,27,28);2-6,12,15-17,23-24H,7-8H2,1H3,(H,29,30)(H2,26,27,28);1-5,11,13-14,16,23-24H,6-7H2,(H,29,30)(H2,26,27,28)/t13-,15+,16?,17-;12-,15+,16?,17-;11-,13+,14?,16-/m111/s1. The van der Waals surface area contributed by atoms with Crippen LogP contribution >= 0.6 is 46.9 Å². The molecule has 3 fully saturated rings. The summed E-state index contributed by atoms with van der Waals surface area (Å²) >= 11 is 0. The van der Waals surface area contributed by atoms with Gasteiger partial charge in [0.1, 0.15) is 72.0 Å². The summed E-state index contributed by atoms with van der Waals surface area (Å²) < 4.78 is 141. The summed E-state index contributed by atoms with van der Waals surface area (Å²) in [5.74, 6) is -0.701. The van der Waals surface area contributed by atoms with E-state index in [0.29, 0.717) is 37.9 Å². The maximum Gasteiger partial charge on any atom is 0.481 e. The smallest absolute Gasteiger partial charge is 0.387 e. The number of hydrogen-bond donors (Lipinski definition) is 15. The van der Waals surface area contributed by atoms with Gasteiger partial charge >= 0.3 is 64.0 Å². The number of phosphoric ester groups is 3. The number of rotatable bonds is 24. The first kappa shape index (κ1) is 82.9. The molecule has 0 bridgehead atoms. The highest BCUT2D eigenvalue weighted by Crippen LogP contribution is 2.60. The highest BCUT2D eigenvalue weighted by Gasteiger charge is 2.49. The van der Waals surface area contributed by atoms with Crippen LogP contribution in [0, 0.1) is 19.7 Å². The average molecular weight is 1650 g/mol. The van der Waals surface area contributed by atoms with Crippen molar-refractivity contribution in [3.05, 3.63) is 188 Å². The van der Waals surface area contributed by atoms with Gasteiger partial charge in [-0.3, -0.25) is 55.4 Å². The lowest BCUT2D eigenvalue weighted by Gasteiger charge is -2.19. The second-order valence-corrected chi connectivity index (χ2v) is 31.9. The Labute approximate surface area is 596 Å². The number of nitrogens with zero attached hydrogens (tertiary/aromatic N) is 9. The van der Waals surface area contributed by atoms with E-state index < -0.39 is 186 Å². The van der Waals surface area contributed by atoms with Gasteiger partial charge < -0.3 is 102 Å². The molecular weight excluding hydrogens is 1590 g/mol. The number of phosphoric acid groups is 6. The Hall–Kier alpha value is -7.54. The number of aliphatic hydroxyl groups is 6. The molecule has 15 N–H and O–H groups in total. The third kappa shape index (κ3) is 19.4. The van der Waals surface area contributed by atoms with Gasteiger partial charge in [0.2, 0.25) is 5.58 Å². The van der Waals surface area contributed by atoms with Gasteiger partial charge in [-0.1, -0.05) is 45.3 Å². The van der Waals surface area contributed by atoms with Gasteiger partial charge in [-0.2, -0.15) is 12.9 Å². The van der Waals surface area contributed by atoms with Crippen molar-refractivity contribution in [1.82, 2.24) is 42.9 Å². The summed E-state index contributed by atoms with van der Waals surface area (Å²) in [5, 5.41) is 74.9. The van der Waals surface area contributed by atoms with Crippen molar-refractivity contribution in [2.75, 3.05) is 19.8 Å². The molecule has 55 heteroatoms. The van der Waals surface area contributed by atoms with Crippen molar-refractivity contribution in [3.63, 3.8) is 0 Å². The Morgan fingerprint density at radius 3 is 1.20 bits per heavy atom. The van der Waals surface area contributed by atoms with Crippen LogP contribution in [-0.4, -0.2) is 192 Å². The van der Waals surface area contributed by atoms with Crippen LogP contribution in [0.4, 0.5) is 4.39 Å². The van der Waals surface area contributed by atoms with Crippen molar-refractivity contribution < 1.29 is 161 Å². The van der Waals surface area contributed by atoms with Crippen LogP contribution in [0.15, 0.2) is 134 Å². The van der Waals surface area contributed by atoms with Gasteiger partial charge in [-0.15, -0.1) is 0 Å². The highest BCUT2D eigenvalue weighted by atomic mass is 31.3. The van der Waals surface area contributed by atoms with Gasteiger partial charge in [0, 0.05) is 52.9 Å². The number of benzene rings is 3. The van der Waals surface area contributed by atoms with Crippen molar-refractivity contribution in [2.45, 2.75) is 107 Å². The SMILES string of the molecule is Cc1ccc2onc(Cn3c(=O)ccn([C@@H]4O[C@H](COP(=O)(O)OP(=O)(O)O)[C@H](O)C4O)c3=O)c2c1.Cc1cccc2onc(Cn3c(=O)ccn([C@@H]4O[C@H](COP(=O)(O)OP(=O)(O)O)[C@H](O)C4O)c3=O)c12.O=c1ccn([C@@H]2O[C@H](COP(=O)(O)OP(=O)(O)O)[C@H](O)C2O)c(=O)n1Cc1noc2c(F)cccc12. The molecule has 12 rings (SSSR count). The molecule has 0 amide bonds. The minimum atomic E-state index is -5.40. The lowest BCUT2D eigenvalue weighted by molar-refractivity contribution is -0.0548. The largest absolute Gasteiger partial charge is 0.481 e. The molecule has 0 aliphatic carbocycles. The zero-order chi connectivity index (χ0) is 79.2. The molecule has 108 heavy (non-hydrogen) atoms. The fourth-order valence-electron chi connectivity index (χ4n) is 11.0. The van der Waals surface area contributed by atoms with E-state index in [9.17, 15) is 106 Å². The molecular formula is C53H60FN9O39P6.